The van der Waals surface area contributed by atoms with Crippen LogP contribution in [0.15, 0.2) is 27.4 Å². The Hall–Kier alpha value is -3.29. The predicted octanol–water partition coefficient (Wildman–Crippen LogP) is -1.05. The number of aliphatic hydroxyl groups excluding tert-OH is 4. The first kappa shape index (κ1) is 21.0. The van der Waals surface area contributed by atoms with Gasteiger partial charge in [-0.3, -0.25) is 4.79 Å². The van der Waals surface area contributed by atoms with Gasteiger partial charge >= 0.3 is 0 Å². The van der Waals surface area contributed by atoms with E-state index in [0.717, 1.165) is 18.2 Å². The van der Waals surface area contributed by atoms with Crippen molar-refractivity contribution in [2.24, 2.45) is 0 Å². The van der Waals surface area contributed by atoms with Crippen LogP contribution in [0.5, 0.6) is 28.7 Å². The molecule has 1 aliphatic heterocycles. The quantitative estimate of drug-likeness (QED) is 0.182. The predicted molar refractivity (Wildman–Crippen MR) is 101 cm³/mol. The molecule has 2 aromatic carbocycles. The highest BCUT2D eigenvalue weighted by Gasteiger charge is 2.45. The third-order valence-corrected chi connectivity index (χ3v) is 5.04. The van der Waals surface area contributed by atoms with Crippen molar-refractivity contribution in [3.63, 3.8) is 0 Å². The van der Waals surface area contributed by atoms with Crippen LogP contribution in [0.1, 0.15) is 0 Å². The number of ether oxygens (including phenoxy) is 2. The highest BCUT2D eigenvalue weighted by Crippen LogP contribution is 2.42. The Morgan fingerprint density at radius 3 is 2.23 bits per heavy atom. The zero-order chi connectivity index (χ0) is 22.6. The maximum Gasteiger partial charge on any atom is 0.229 e. The van der Waals surface area contributed by atoms with E-state index in [4.69, 9.17) is 13.9 Å². The van der Waals surface area contributed by atoms with Crippen molar-refractivity contribution < 1.29 is 54.7 Å². The van der Waals surface area contributed by atoms with E-state index in [0.29, 0.717) is 0 Å². The molecule has 1 aliphatic rings. The van der Waals surface area contributed by atoms with Gasteiger partial charge in [-0.15, -0.1) is 0 Å². The van der Waals surface area contributed by atoms with Gasteiger partial charge in [-0.05, 0) is 6.07 Å². The second-order valence-corrected chi connectivity index (χ2v) is 7.03. The summed E-state index contributed by atoms with van der Waals surface area (Å²) < 4.78 is 16.2. The van der Waals surface area contributed by atoms with Crippen molar-refractivity contribution in [3.05, 3.63) is 28.4 Å². The fourth-order valence-corrected chi connectivity index (χ4v) is 3.39. The molecule has 0 bridgehead atoms. The second kappa shape index (κ2) is 7.44. The van der Waals surface area contributed by atoms with Gasteiger partial charge in [-0.25, -0.2) is 0 Å². The lowest BCUT2D eigenvalue weighted by atomic mass is 9.99. The SMILES string of the molecule is O=c1c2cc(O)c(O)cc2oc2c(O[C@@H]3O[C@H](CO)[C@@H](O)[C@H](O)[C@H]3O)c(O)cc(O)c12. The number of hydrogen-bond donors (Lipinski definition) is 8. The lowest BCUT2D eigenvalue weighted by molar-refractivity contribution is -0.277. The summed E-state index contributed by atoms with van der Waals surface area (Å²) >= 11 is 0. The number of aromatic hydroxyl groups is 4. The second-order valence-electron chi connectivity index (χ2n) is 7.03. The highest BCUT2D eigenvalue weighted by atomic mass is 16.7. The van der Waals surface area contributed by atoms with Crippen molar-refractivity contribution >= 4 is 21.9 Å². The number of rotatable bonds is 3. The molecule has 5 atom stereocenters. The van der Waals surface area contributed by atoms with Crippen LogP contribution in [-0.4, -0.2) is 78.2 Å². The molecule has 1 aromatic heterocycles. The largest absolute Gasteiger partial charge is 0.507 e. The zero-order valence-corrected chi connectivity index (χ0v) is 15.5. The number of phenolic OH excluding ortho intramolecular Hbond substituents is 4. The van der Waals surface area contributed by atoms with Gasteiger partial charge in [-0.1, -0.05) is 0 Å². The molecule has 12 heteroatoms. The molecule has 3 aromatic rings. The summed E-state index contributed by atoms with van der Waals surface area (Å²) in [6.07, 6.45) is -8.27. The Labute approximate surface area is 172 Å². The monoisotopic (exact) mass is 438 g/mol. The molecular weight excluding hydrogens is 420 g/mol. The van der Waals surface area contributed by atoms with E-state index >= 15 is 0 Å². The van der Waals surface area contributed by atoms with Crippen molar-refractivity contribution in [1.29, 1.82) is 0 Å². The summed E-state index contributed by atoms with van der Waals surface area (Å²) in [5, 5.41) is 78.4. The van der Waals surface area contributed by atoms with E-state index in [1.807, 2.05) is 0 Å². The van der Waals surface area contributed by atoms with Crippen LogP contribution in [0.25, 0.3) is 21.9 Å². The van der Waals surface area contributed by atoms with Crippen LogP contribution in [0.2, 0.25) is 0 Å². The Kier molecular flexibility index (Phi) is 5.03. The van der Waals surface area contributed by atoms with E-state index in [-0.39, 0.29) is 11.0 Å². The number of hydrogen-bond acceptors (Lipinski definition) is 12. The lowest BCUT2D eigenvalue weighted by Crippen LogP contribution is -2.60. The standard InChI is InChI=1S/C19H18O12/c20-4-11-14(26)15(27)16(28)19(30-11)31-17-9(24)2-8(23)12-13(25)5-1-6(21)7(22)3-10(5)29-18(12)17/h1-3,11,14-16,19-24,26-28H,4H2/t11-,14-,15+,16-,19+/m1/s1. The maximum absolute atomic E-state index is 12.8. The minimum atomic E-state index is -1.82. The molecule has 0 aliphatic carbocycles. The molecule has 31 heavy (non-hydrogen) atoms. The van der Waals surface area contributed by atoms with Crippen molar-refractivity contribution in [2.75, 3.05) is 6.61 Å². The number of fused-ring (bicyclic) bond motifs is 2. The third kappa shape index (κ3) is 3.26. The number of benzene rings is 2. The Morgan fingerprint density at radius 1 is 0.871 bits per heavy atom. The molecule has 0 radical (unpaired) electrons. The van der Waals surface area contributed by atoms with E-state index < -0.39 is 82.5 Å². The van der Waals surface area contributed by atoms with Gasteiger partial charge in [0, 0.05) is 12.1 Å². The summed E-state index contributed by atoms with van der Waals surface area (Å²) in [4.78, 5) is 12.8. The molecule has 1 saturated heterocycles. The zero-order valence-electron chi connectivity index (χ0n) is 15.5. The molecule has 166 valence electrons. The first-order valence-corrected chi connectivity index (χ1v) is 8.98. The van der Waals surface area contributed by atoms with Crippen LogP contribution in [0.3, 0.4) is 0 Å². The maximum atomic E-state index is 12.8. The summed E-state index contributed by atoms with van der Waals surface area (Å²) in [6, 6.07) is 2.63. The average Bonchev–Trinajstić information content (AvgIpc) is 2.72. The Balaban J connectivity index is 1.90. The van der Waals surface area contributed by atoms with E-state index in [2.05, 4.69) is 0 Å². The molecule has 0 unspecified atom stereocenters. The Morgan fingerprint density at radius 2 is 1.55 bits per heavy atom. The minimum absolute atomic E-state index is 0.192. The fraction of sp³-hybridized carbons (Fsp3) is 0.316. The molecule has 0 amide bonds. The molecule has 12 nitrogen and oxygen atoms in total. The summed E-state index contributed by atoms with van der Waals surface area (Å²) in [7, 11) is 0. The molecule has 8 N–H and O–H groups in total. The van der Waals surface area contributed by atoms with Gasteiger partial charge in [0.25, 0.3) is 0 Å². The molecule has 0 saturated carbocycles. The smallest absolute Gasteiger partial charge is 0.229 e. The Bertz CT molecular complexity index is 1220. The highest BCUT2D eigenvalue weighted by molar-refractivity contribution is 5.98. The lowest BCUT2D eigenvalue weighted by Gasteiger charge is -2.39. The van der Waals surface area contributed by atoms with Crippen LogP contribution in [0, 0.1) is 0 Å². The van der Waals surface area contributed by atoms with Gasteiger partial charge in [0.1, 0.15) is 41.1 Å². The van der Waals surface area contributed by atoms with Crippen molar-refractivity contribution in [1.82, 2.24) is 0 Å². The van der Waals surface area contributed by atoms with Gasteiger partial charge in [-0.2, -0.15) is 0 Å². The number of aliphatic hydroxyl groups is 4. The third-order valence-electron chi connectivity index (χ3n) is 5.04. The summed E-state index contributed by atoms with van der Waals surface area (Å²) in [5.41, 5.74) is -1.55. The molecule has 1 fully saturated rings. The summed E-state index contributed by atoms with van der Waals surface area (Å²) in [5.74, 6) is -3.18. The minimum Gasteiger partial charge on any atom is -0.507 e. The van der Waals surface area contributed by atoms with Gasteiger partial charge in [0.15, 0.2) is 22.8 Å². The van der Waals surface area contributed by atoms with Crippen molar-refractivity contribution in [3.8, 4) is 28.7 Å². The topological polar surface area (TPSA) is 211 Å². The van der Waals surface area contributed by atoms with Crippen LogP contribution in [0.4, 0.5) is 0 Å². The summed E-state index contributed by atoms with van der Waals surface area (Å²) in [6.45, 7) is -0.727. The first-order valence-electron chi connectivity index (χ1n) is 8.98. The van der Waals surface area contributed by atoms with Crippen LogP contribution >= 0.6 is 0 Å². The van der Waals surface area contributed by atoms with Crippen LogP contribution in [-0.2, 0) is 4.74 Å². The average molecular weight is 438 g/mol. The van der Waals surface area contributed by atoms with Gasteiger partial charge in [0.05, 0.1) is 12.0 Å². The fourth-order valence-electron chi connectivity index (χ4n) is 3.39. The van der Waals surface area contributed by atoms with Crippen LogP contribution < -0.4 is 10.2 Å². The first-order chi connectivity index (χ1) is 14.6. The molecule has 0 spiro atoms. The molecular formula is C19H18O12. The number of phenols is 4. The van der Waals surface area contributed by atoms with E-state index in [1.165, 1.54) is 0 Å². The van der Waals surface area contributed by atoms with Gasteiger partial charge in [0.2, 0.25) is 17.5 Å². The van der Waals surface area contributed by atoms with Gasteiger partial charge < -0.3 is 54.7 Å². The molecule has 2 heterocycles. The van der Waals surface area contributed by atoms with E-state index in [9.17, 15) is 45.6 Å². The van der Waals surface area contributed by atoms with E-state index in [1.54, 1.807) is 0 Å². The molecule has 4 rings (SSSR count). The van der Waals surface area contributed by atoms with Crippen molar-refractivity contribution in [2.45, 2.75) is 30.7 Å². The normalized spacial score (nSPS) is 26.4.